The highest BCUT2D eigenvalue weighted by molar-refractivity contribution is 5.73. The van der Waals surface area contributed by atoms with Crippen LogP contribution in [0.4, 0.5) is 0 Å². The van der Waals surface area contributed by atoms with E-state index in [1.807, 2.05) is 11.8 Å². The van der Waals surface area contributed by atoms with Crippen LogP contribution in [-0.4, -0.2) is 47.8 Å². The van der Waals surface area contributed by atoms with Gasteiger partial charge in [-0.2, -0.15) is 0 Å². The largest absolute Gasteiger partial charge is 0.480 e. The second kappa shape index (κ2) is 6.97. The Kier molecular flexibility index (Phi) is 5.92. The van der Waals surface area contributed by atoms with Crippen LogP contribution >= 0.6 is 0 Å². The number of likely N-dealkylation sites (tertiary alicyclic amines) is 1. The Balaban J connectivity index is 2.29. The lowest BCUT2D eigenvalue weighted by molar-refractivity contribution is -0.143. The number of aliphatic carboxylic acids is 1. The first-order valence-electron chi connectivity index (χ1n) is 6.63. The van der Waals surface area contributed by atoms with E-state index in [0.29, 0.717) is 12.3 Å². The van der Waals surface area contributed by atoms with Gasteiger partial charge < -0.3 is 9.84 Å². The molecule has 4 nitrogen and oxygen atoms in total. The van der Waals surface area contributed by atoms with Gasteiger partial charge in [-0.25, -0.2) is 0 Å². The molecule has 1 aliphatic heterocycles. The van der Waals surface area contributed by atoms with Gasteiger partial charge in [0.25, 0.3) is 0 Å². The van der Waals surface area contributed by atoms with Crippen LogP contribution in [0.15, 0.2) is 0 Å². The topological polar surface area (TPSA) is 49.8 Å². The quantitative estimate of drug-likeness (QED) is 0.743. The first-order valence-corrected chi connectivity index (χ1v) is 6.63. The Morgan fingerprint density at radius 2 is 2.24 bits per heavy atom. The van der Waals surface area contributed by atoms with E-state index in [9.17, 15) is 4.79 Å². The number of carboxylic acids is 1. The summed E-state index contributed by atoms with van der Waals surface area (Å²) in [4.78, 5) is 13.1. The lowest BCUT2D eigenvalue weighted by atomic mass is 10.1. The summed E-state index contributed by atoms with van der Waals surface area (Å²) in [6.07, 6.45) is 2.92. The molecule has 0 aromatic carbocycles. The molecule has 17 heavy (non-hydrogen) atoms. The predicted octanol–water partition coefficient (Wildman–Crippen LogP) is 1.99. The minimum absolute atomic E-state index is 0.224. The van der Waals surface area contributed by atoms with Crippen LogP contribution in [0.5, 0.6) is 0 Å². The van der Waals surface area contributed by atoms with E-state index in [-0.39, 0.29) is 12.1 Å². The van der Waals surface area contributed by atoms with Crippen molar-refractivity contribution in [1.29, 1.82) is 0 Å². The molecule has 1 heterocycles. The number of carboxylic acid groups (broad SMARTS) is 1. The molecule has 1 N–H and O–H groups in total. The van der Waals surface area contributed by atoms with E-state index >= 15 is 0 Å². The van der Waals surface area contributed by atoms with E-state index < -0.39 is 5.97 Å². The molecule has 1 rings (SSSR count). The Hall–Kier alpha value is -0.610. The highest BCUT2D eigenvalue weighted by Crippen LogP contribution is 2.18. The van der Waals surface area contributed by atoms with Crippen LogP contribution < -0.4 is 0 Å². The molecule has 1 saturated heterocycles. The lowest BCUT2D eigenvalue weighted by Gasteiger charge is -2.22. The number of rotatable bonds is 7. The summed E-state index contributed by atoms with van der Waals surface area (Å²) in [5, 5.41) is 9.09. The van der Waals surface area contributed by atoms with Crippen molar-refractivity contribution in [2.24, 2.45) is 5.92 Å². The summed E-state index contributed by atoms with van der Waals surface area (Å²) in [5.41, 5.74) is 0. The minimum atomic E-state index is -0.713. The fourth-order valence-electron chi connectivity index (χ4n) is 2.23. The van der Waals surface area contributed by atoms with Gasteiger partial charge >= 0.3 is 5.97 Å². The zero-order chi connectivity index (χ0) is 12.8. The molecule has 0 amide bonds. The third-order valence-electron chi connectivity index (χ3n) is 3.34. The van der Waals surface area contributed by atoms with Crippen molar-refractivity contribution in [1.82, 2.24) is 4.90 Å². The van der Waals surface area contributed by atoms with Gasteiger partial charge in [0, 0.05) is 19.7 Å². The van der Waals surface area contributed by atoms with E-state index in [1.165, 1.54) is 0 Å². The van der Waals surface area contributed by atoms with Gasteiger partial charge in [-0.3, -0.25) is 9.69 Å². The maximum absolute atomic E-state index is 11.0. The van der Waals surface area contributed by atoms with Crippen molar-refractivity contribution in [2.75, 3.05) is 19.7 Å². The zero-order valence-electron chi connectivity index (χ0n) is 11.2. The molecular weight excluding hydrogens is 218 g/mol. The summed E-state index contributed by atoms with van der Waals surface area (Å²) in [5.74, 6) is -0.0507. The van der Waals surface area contributed by atoms with Crippen molar-refractivity contribution in [3.05, 3.63) is 0 Å². The molecule has 0 aromatic rings. The van der Waals surface area contributed by atoms with E-state index in [4.69, 9.17) is 9.84 Å². The average Bonchev–Trinajstić information content (AvgIpc) is 2.66. The highest BCUT2D eigenvalue weighted by atomic mass is 16.5. The number of ether oxygens (including phenoxy) is 1. The van der Waals surface area contributed by atoms with Crippen molar-refractivity contribution >= 4 is 5.97 Å². The molecular formula is C13H25NO3. The van der Waals surface area contributed by atoms with Crippen LogP contribution in [0.1, 0.15) is 40.0 Å². The van der Waals surface area contributed by atoms with E-state index in [2.05, 4.69) is 13.8 Å². The van der Waals surface area contributed by atoms with Crippen LogP contribution in [0, 0.1) is 5.92 Å². The molecule has 0 aromatic heterocycles. The normalized spacial score (nSPS) is 23.2. The fourth-order valence-corrected chi connectivity index (χ4v) is 2.23. The Morgan fingerprint density at radius 1 is 1.53 bits per heavy atom. The Labute approximate surface area is 104 Å². The van der Waals surface area contributed by atoms with Gasteiger partial charge in [-0.05, 0) is 25.2 Å². The molecule has 1 fully saturated rings. The second-order valence-electron chi connectivity index (χ2n) is 5.22. The summed E-state index contributed by atoms with van der Waals surface area (Å²) in [6, 6.07) is -0.339. The van der Waals surface area contributed by atoms with Gasteiger partial charge in [0.2, 0.25) is 0 Å². The summed E-state index contributed by atoms with van der Waals surface area (Å²) in [7, 11) is 0. The van der Waals surface area contributed by atoms with Gasteiger partial charge in [0.15, 0.2) is 0 Å². The van der Waals surface area contributed by atoms with Gasteiger partial charge in [0.1, 0.15) is 6.04 Å². The molecule has 0 unspecified atom stereocenters. The number of hydrogen-bond donors (Lipinski definition) is 1. The van der Waals surface area contributed by atoms with Crippen molar-refractivity contribution < 1.29 is 14.6 Å². The molecule has 4 heteroatoms. The fraction of sp³-hybridized carbons (Fsp3) is 0.923. The van der Waals surface area contributed by atoms with Crippen LogP contribution in [0.25, 0.3) is 0 Å². The first-order chi connectivity index (χ1) is 8.04. The zero-order valence-corrected chi connectivity index (χ0v) is 11.2. The molecule has 0 aliphatic carbocycles. The molecule has 2 atom stereocenters. The smallest absolute Gasteiger partial charge is 0.320 e. The van der Waals surface area contributed by atoms with Gasteiger partial charge in [-0.1, -0.05) is 20.8 Å². The standard InChI is InChI=1S/C13H25NO3/c1-4-12(13(15)16)14-7-5-11(9-14)17-8-6-10(2)3/h10-12H,4-9H2,1-3H3,(H,15,16)/t11-,12+/m0/s1. The van der Waals surface area contributed by atoms with Crippen LogP contribution in [-0.2, 0) is 9.53 Å². The van der Waals surface area contributed by atoms with Crippen molar-refractivity contribution in [3.8, 4) is 0 Å². The number of nitrogens with zero attached hydrogens (tertiary/aromatic N) is 1. The minimum Gasteiger partial charge on any atom is -0.480 e. The number of hydrogen-bond acceptors (Lipinski definition) is 3. The summed E-state index contributed by atoms with van der Waals surface area (Å²) in [6.45, 7) is 8.69. The SMILES string of the molecule is CC[C@H](C(=O)O)N1CC[C@H](OCCC(C)C)C1. The summed E-state index contributed by atoms with van der Waals surface area (Å²) >= 11 is 0. The van der Waals surface area contributed by atoms with Gasteiger partial charge in [-0.15, -0.1) is 0 Å². The first kappa shape index (κ1) is 14.5. The summed E-state index contributed by atoms with van der Waals surface area (Å²) < 4.78 is 5.78. The van der Waals surface area contributed by atoms with Crippen LogP contribution in [0.2, 0.25) is 0 Å². The van der Waals surface area contributed by atoms with Crippen LogP contribution in [0.3, 0.4) is 0 Å². The maximum atomic E-state index is 11.0. The lowest BCUT2D eigenvalue weighted by Crippen LogP contribution is -2.39. The average molecular weight is 243 g/mol. The van der Waals surface area contributed by atoms with Crippen molar-refractivity contribution in [2.45, 2.75) is 52.2 Å². The molecule has 1 aliphatic rings. The molecule has 0 radical (unpaired) electrons. The third kappa shape index (κ3) is 4.64. The second-order valence-corrected chi connectivity index (χ2v) is 5.22. The molecule has 100 valence electrons. The van der Waals surface area contributed by atoms with E-state index in [0.717, 1.165) is 32.5 Å². The van der Waals surface area contributed by atoms with Gasteiger partial charge in [0.05, 0.1) is 6.10 Å². The van der Waals surface area contributed by atoms with E-state index in [1.54, 1.807) is 0 Å². The molecule has 0 bridgehead atoms. The Morgan fingerprint density at radius 3 is 2.76 bits per heavy atom. The highest BCUT2D eigenvalue weighted by Gasteiger charge is 2.31. The Bertz CT molecular complexity index is 243. The molecule has 0 spiro atoms. The molecule has 0 saturated carbocycles. The monoisotopic (exact) mass is 243 g/mol. The predicted molar refractivity (Wildman–Crippen MR) is 67.1 cm³/mol. The number of carbonyl (C=O) groups is 1. The third-order valence-corrected chi connectivity index (χ3v) is 3.34. The maximum Gasteiger partial charge on any atom is 0.320 e. The van der Waals surface area contributed by atoms with Crippen molar-refractivity contribution in [3.63, 3.8) is 0 Å².